The lowest BCUT2D eigenvalue weighted by atomic mass is 9.84. The van der Waals surface area contributed by atoms with E-state index in [9.17, 15) is 15.0 Å². The van der Waals surface area contributed by atoms with Crippen LogP contribution in [-0.4, -0.2) is 33.1 Å². The lowest BCUT2D eigenvalue weighted by molar-refractivity contribution is -0.142. The molecule has 0 aliphatic rings. The van der Waals surface area contributed by atoms with Gasteiger partial charge in [0.25, 0.3) is 0 Å². The van der Waals surface area contributed by atoms with Gasteiger partial charge in [-0.1, -0.05) is 24.3 Å². The Bertz CT molecular complexity index is 414. The van der Waals surface area contributed by atoms with Crippen molar-refractivity contribution >= 4 is 18.6 Å². The molecule has 1 aromatic rings. The van der Waals surface area contributed by atoms with Gasteiger partial charge in [0.2, 0.25) is 0 Å². The van der Waals surface area contributed by atoms with Gasteiger partial charge in [-0.05, 0) is 25.0 Å². The third-order valence-corrected chi connectivity index (χ3v) is 3.43. The zero-order chi connectivity index (χ0) is 13.9. The summed E-state index contributed by atoms with van der Waals surface area (Å²) < 4.78 is 0. The number of benzene rings is 1. The number of hydrogen-bond donors (Lipinski definition) is 4. The van der Waals surface area contributed by atoms with Crippen molar-refractivity contribution in [1.82, 2.24) is 0 Å². The van der Waals surface area contributed by atoms with Gasteiger partial charge in [-0.2, -0.15) is 12.6 Å². The summed E-state index contributed by atoms with van der Waals surface area (Å²) in [5, 5.41) is 28.4. The zero-order valence-electron chi connectivity index (χ0n) is 10.4. The molecule has 0 aliphatic carbocycles. The molecule has 0 aromatic heterocycles. The molecule has 0 fully saturated rings. The lowest BCUT2D eigenvalue weighted by Crippen LogP contribution is -2.28. The zero-order valence-corrected chi connectivity index (χ0v) is 11.3. The first-order valence-corrected chi connectivity index (χ1v) is 6.24. The van der Waals surface area contributed by atoms with Crippen molar-refractivity contribution in [2.45, 2.75) is 31.5 Å². The predicted octanol–water partition coefficient (Wildman–Crippen LogP) is 1.37. The van der Waals surface area contributed by atoms with E-state index in [0.29, 0.717) is 11.1 Å². The predicted molar refractivity (Wildman–Crippen MR) is 71.9 cm³/mol. The molecule has 0 spiro atoms. The van der Waals surface area contributed by atoms with E-state index in [2.05, 4.69) is 12.6 Å². The first-order chi connectivity index (χ1) is 8.30. The van der Waals surface area contributed by atoms with Gasteiger partial charge in [0.15, 0.2) is 0 Å². The van der Waals surface area contributed by atoms with E-state index in [1.807, 2.05) is 0 Å². The minimum absolute atomic E-state index is 0.156. The number of carbonyl (C=O) groups is 1. The summed E-state index contributed by atoms with van der Waals surface area (Å²) in [6.45, 7) is 3.23. The van der Waals surface area contributed by atoms with Crippen LogP contribution in [-0.2, 0) is 10.2 Å². The van der Waals surface area contributed by atoms with Crippen molar-refractivity contribution in [3.05, 3.63) is 35.4 Å². The molecule has 0 amide bonds. The molecule has 0 radical (unpaired) electrons. The smallest absolute Gasteiger partial charge is 0.313 e. The van der Waals surface area contributed by atoms with Gasteiger partial charge in [0.1, 0.15) is 6.10 Å². The van der Waals surface area contributed by atoms with Crippen LogP contribution < -0.4 is 0 Å². The first-order valence-electron chi connectivity index (χ1n) is 5.61. The van der Waals surface area contributed by atoms with Crippen molar-refractivity contribution in [3.8, 4) is 0 Å². The van der Waals surface area contributed by atoms with Crippen molar-refractivity contribution in [1.29, 1.82) is 0 Å². The summed E-state index contributed by atoms with van der Waals surface area (Å²) >= 11 is 3.91. The number of rotatable bonds is 5. The Morgan fingerprint density at radius 1 is 1.28 bits per heavy atom. The third kappa shape index (κ3) is 3.04. The molecule has 1 rings (SSSR count). The second-order valence-electron chi connectivity index (χ2n) is 4.75. The summed E-state index contributed by atoms with van der Waals surface area (Å²) in [5.41, 5.74) is 0.207. The Hall–Kier alpha value is -1.04. The normalized spacial score (nSPS) is 15.2. The summed E-state index contributed by atoms with van der Waals surface area (Å²) in [6.07, 6.45) is -1.95. The lowest BCUT2D eigenvalue weighted by Gasteiger charge is -2.21. The average molecular weight is 270 g/mol. The second-order valence-corrected chi connectivity index (χ2v) is 5.11. The molecule has 100 valence electrons. The topological polar surface area (TPSA) is 77.8 Å². The molecule has 0 saturated heterocycles. The molecular weight excluding hydrogens is 252 g/mol. The molecule has 0 aliphatic heterocycles. The molecule has 1 aromatic carbocycles. The summed E-state index contributed by atoms with van der Waals surface area (Å²) in [7, 11) is 0. The Morgan fingerprint density at radius 3 is 2.17 bits per heavy atom. The summed E-state index contributed by atoms with van der Waals surface area (Å²) in [6, 6.07) is 6.55. The van der Waals surface area contributed by atoms with E-state index in [1.54, 1.807) is 38.1 Å². The number of hydrogen-bond acceptors (Lipinski definition) is 4. The van der Waals surface area contributed by atoms with Gasteiger partial charge in [-0.3, -0.25) is 4.79 Å². The van der Waals surface area contributed by atoms with E-state index in [4.69, 9.17) is 5.11 Å². The molecule has 18 heavy (non-hydrogen) atoms. The van der Waals surface area contributed by atoms with Gasteiger partial charge >= 0.3 is 5.97 Å². The van der Waals surface area contributed by atoms with Gasteiger partial charge in [-0.25, -0.2) is 0 Å². The minimum atomic E-state index is -1.01. The van der Waals surface area contributed by atoms with Crippen LogP contribution in [0.3, 0.4) is 0 Å². The fraction of sp³-hybridized carbons (Fsp3) is 0.462. The number of carboxylic acids is 1. The highest BCUT2D eigenvalue weighted by Gasteiger charge is 2.29. The van der Waals surface area contributed by atoms with Crippen molar-refractivity contribution in [2.75, 3.05) is 5.75 Å². The van der Waals surface area contributed by atoms with Crippen LogP contribution in [0.4, 0.5) is 0 Å². The highest BCUT2D eigenvalue weighted by molar-refractivity contribution is 7.80. The van der Waals surface area contributed by atoms with Crippen LogP contribution in [0, 0.1) is 0 Å². The standard InChI is InChI=1S/C13H18O4S/c1-13(2,12(16)17)9-5-3-8(4-6-9)11(15)10(14)7-18/h3-6,10-11,14-15,18H,7H2,1-2H3,(H,16,17). The largest absolute Gasteiger partial charge is 0.481 e. The van der Waals surface area contributed by atoms with Crippen molar-refractivity contribution < 1.29 is 20.1 Å². The molecule has 2 unspecified atom stereocenters. The van der Waals surface area contributed by atoms with Gasteiger partial charge in [0.05, 0.1) is 11.5 Å². The number of thiol groups is 1. The average Bonchev–Trinajstić information content (AvgIpc) is 2.36. The van der Waals surface area contributed by atoms with Crippen molar-refractivity contribution in [2.24, 2.45) is 0 Å². The molecule has 4 nitrogen and oxygen atoms in total. The Balaban J connectivity index is 2.96. The minimum Gasteiger partial charge on any atom is -0.481 e. The first kappa shape index (κ1) is 15.0. The summed E-state index contributed by atoms with van der Waals surface area (Å²) in [5.74, 6) is -0.755. The van der Waals surface area contributed by atoms with Gasteiger partial charge < -0.3 is 15.3 Å². The molecular formula is C13H18O4S. The van der Waals surface area contributed by atoms with Crippen LogP contribution in [0.15, 0.2) is 24.3 Å². The number of aliphatic carboxylic acids is 1. The highest BCUT2D eigenvalue weighted by Crippen LogP contribution is 2.26. The number of aliphatic hydroxyl groups excluding tert-OH is 2. The Labute approximate surface area is 112 Å². The van der Waals surface area contributed by atoms with E-state index in [0.717, 1.165) is 0 Å². The Morgan fingerprint density at radius 2 is 1.78 bits per heavy atom. The van der Waals surface area contributed by atoms with E-state index in [-0.39, 0.29) is 5.75 Å². The molecule has 0 heterocycles. The Kier molecular flexibility index (Phi) is 4.78. The number of aliphatic hydroxyl groups is 2. The quantitative estimate of drug-likeness (QED) is 0.610. The van der Waals surface area contributed by atoms with E-state index in [1.165, 1.54) is 0 Å². The van der Waals surface area contributed by atoms with Crippen molar-refractivity contribution in [3.63, 3.8) is 0 Å². The fourth-order valence-electron chi connectivity index (χ4n) is 1.54. The monoisotopic (exact) mass is 270 g/mol. The SMILES string of the molecule is CC(C)(C(=O)O)c1ccc(C(O)C(O)CS)cc1. The van der Waals surface area contributed by atoms with Crippen LogP contribution >= 0.6 is 12.6 Å². The molecule has 3 N–H and O–H groups in total. The van der Waals surface area contributed by atoms with Gasteiger partial charge in [0, 0.05) is 5.75 Å². The van der Waals surface area contributed by atoms with Gasteiger partial charge in [-0.15, -0.1) is 0 Å². The fourth-order valence-corrected chi connectivity index (χ4v) is 1.74. The van der Waals surface area contributed by atoms with E-state index < -0.39 is 23.6 Å². The molecule has 0 saturated carbocycles. The van der Waals surface area contributed by atoms with Crippen LogP contribution in [0.5, 0.6) is 0 Å². The summed E-state index contributed by atoms with van der Waals surface area (Å²) in [4.78, 5) is 11.1. The van der Waals surface area contributed by atoms with Crippen LogP contribution in [0.2, 0.25) is 0 Å². The van der Waals surface area contributed by atoms with Crippen LogP contribution in [0.25, 0.3) is 0 Å². The maximum absolute atomic E-state index is 11.1. The third-order valence-electron chi connectivity index (χ3n) is 3.06. The molecule has 5 heteroatoms. The maximum Gasteiger partial charge on any atom is 0.313 e. The molecule has 2 atom stereocenters. The highest BCUT2D eigenvalue weighted by atomic mass is 32.1. The molecule has 0 bridgehead atoms. The second kappa shape index (κ2) is 5.73. The number of carboxylic acid groups (broad SMARTS) is 1. The maximum atomic E-state index is 11.1. The van der Waals surface area contributed by atoms with Crippen LogP contribution in [0.1, 0.15) is 31.1 Å². The van der Waals surface area contributed by atoms with E-state index >= 15 is 0 Å².